The molecule has 0 unspecified atom stereocenters. The lowest BCUT2D eigenvalue weighted by molar-refractivity contribution is 0.442. The molecule has 1 aromatic heterocycles. The minimum Gasteiger partial charge on any atom is -0.371 e. The largest absolute Gasteiger partial charge is 0.371 e. The smallest absolute Gasteiger partial charge is 0.192 e. The van der Waals surface area contributed by atoms with Gasteiger partial charge in [0.25, 0.3) is 0 Å². The lowest BCUT2D eigenvalue weighted by Gasteiger charge is -2.25. The van der Waals surface area contributed by atoms with Crippen LogP contribution in [0.15, 0.2) is 23.1 Å². The molecule has 26 heavy (non-hydrogen) atoms. The fourth-order valence-electron chi connectivity index (χ4n) is 4.79. The van der Waals surface area contributed by atoms with Crippen molar-refractivity contribution in [1.82, 2.24) is 4.57 Å². The molecular formula is C21H26FN3O. The standard InChI is InChI=1S/C21H26FN3O/c1-12-10-25(18-9-16(18)22)19-13(2)17(4-3-15(19)20(12)26)24-8-5-14(11-24)21(23)6-7-21/h3-4,10,14,16,18H,5-9,11,23H2,1-2H3/t14-,16+,18-/m1/s1. The zero-order valence-corrected chi connectivity index (χ0v) is 15.5. The summed E-state index contributed by atoms with van der Waals surface area (Å²) in [6, 6.07) is 3.87. The fraction of sp³-hybridized carbons (Fsp3) is 0.571. The third kappa shape index (κ3) is 2.33. The number of anilines is 1. The van der Waals surface area contributed by atoms with Crippen molar-refractivity contribution in [2.45, 2.75) is 57.3 Å². The molecule has 2 heterocycles. The molecule has 0 amide bonds. The zero-order valence-electron chi connectivity index (χ0n) is 15.5. The average Bonchev–Trinajstić information content (AvgIpc) is 3.47. The minimum atomic E-state index is -0.800. The van der Waals surface area contributed by atoms with E-state index in [1.54, 1.807) is 0 Å². The summed E-state index contributed by atoms with van der Waals surface area (Å²) in [5, 5.41) is 0.707. The predicted octanol–water partition coefficient (Wildman–Crippen LogP) is 3.22. The van der Waals surface area contributed by atoms with Gasteiger partial charge >= 0.3 is 0 Å². The minimum absolute atomic E-state index is 0.0498. The first-order valence-electron chi connectivity index (χ1n) is 9.72. The molecule has 3 atom stereocenters. The van der Waals surface area contributed by atoms with Gasteiger partial charge in [-0.15, -0.1) is 0 Å². The Morgan fingerprint density at radius 2 is 2.00 bits per heavy atom. The van der Waals surface area contributed by atoms with E-state index in [0.717, 1.165) is 49.1 Å². The molecule has 2 aromatic rings. The van der Waals surface area contributed by atoms with E-state index in [1.807, 2.05) is 23.8 Å². The van der Waals surface area contributed by atoms with Crippen molar-refractivity contribution in [2.24, 2.45) is 11.7 Å². The molecule has 0 spiro atoms. The Balaban J connectivity index is 1.61. The number of hydrogen-bond donors (Lipinski definition) is 1. The van der Waals surface area contributed by atoms with Crippen LogP contribution in [-0.4, -0.2) is 29.4 Å². The highest BCUT2D eigenvalue weighted by Gasteiger charge is 2.48. The molecule has 2 saturated carbocycles. The summed E-state index contributed by atoms with van der Waals surface area (Å²) in [6.45, 7) is 5.87. The summed E-state index contributed by atoms with van der Waals surface area (Å²) in [5.74, 6) is 0.552. The van der Waals surface area contributed by atoms with Crippen LogP contribution in [-0.2, 0) is 0 Å². The zero-order chi connectivity index (χ0) is 18.2. The summed E-state index contributed by atoms with van der Waals surface area (Å²) in [4.78, 5) is 15.0. The SMILES string of the molecule is Cc1cn([C@@H]2C[C@@H]2F)c2c(C)c(N3CC[C@@H](C4(N)CC4)C3)ccc2c1=O. The van der Waals surface area contributed by atoms with E-state index in [2.05, 4.69) is 17.9 Å². The summed E-state index contributed by atoms with van der Waals surface area (Å²) in [5.41, 5.74) is 10.4. The molecule has 1 saturated heterocycles. The van der Waals surface area contributed by atoms with E-state index in [0.29, 0.717) is 23.3 Å². The van der Waals surface area contributed by atoms with Crippen LogP contribution in [0.5, 0.6) is 0 Å². The van der Waals surface area contributed by atoms with Gasteiger partial charge in [-0.3, -0.25) is 4.79 Å². The van der Waals surface area contributed by atoms with Gasteiger partial charge in [-0.1, -0.05) is 0 Å². The molecule has 4 nitrogen and oxygen atoms in total. The third-order valence-electron chi connectivity index (χ3n) is 6.80. The molecule has 5 rings (SSSR count). The van der Waals surface area contributed by atoms with Crippen molar-refractivity contribution in [3.05, 3.63) is 39.7 Å². The van der Waals surface area contributed by atoms with Crippen LogP contribution in [0.25, 0.3) is 10.9 Å². The first kappa shape index (κ1) is 16.3. The first-order chi connectivity index (χ1) is 12.4. The van der Waals surface area contributed by atoms with Crippen molar-refractivity contribution in [2.75, 3.05) is 18.0 Å². The maximum atomic E-state index is 13.8. The van der Waals surface area contributed by atoms with Crippen molar-refractivity contribution >= 4 is 16.6 Å². The van der Waals surface area contributed by atoms with E-state index in [1.165, 1.54) is 0 Å². The molecule has 0 radical (unpaired) electrons. The molecule has 138 valence electrons. The molecular weight excluding hydrogens is 329 g/mol. The van der Waals surface area contributed by atoms with Gasteiger partial charge in [-0.2, -0.15) is 0 Å². The van der Waals surface area contributed by atoms with Crippen molar-refractivity contribution < 1.29 is 4.39 Å². The van der Waals surface area contributed by atoms with Crippen LogP contribution >= 0.6 is 0 Å². The average molecular weight is 355 g/mol. The van der Waals surface area contributed by atoms with Crippen molar-refractivity contribution in [3.63, 3.8) is 0 Å². The second kappa shape index (κ2) is 5.32. The van der Waals surface area contributed by atoms with E-state index in [-0.39, 0.29) is 17.0 Å². The number of pyridine rings is 1. The topological polar surface area (TPSA) is 51.3 Å². The van der Waals surface area contributed by atoms with Gasteiger partial charge in [-0.25, -0.2) is 4.39 Å². The number of fused-ring (bicyclic) bond motifs is 1. The van der Waals surface area contributed by atoms with Gasteiger partial charge in [0, 0.05) is 47.9 Å². The summed E-state index contributed by atoms with van der Waals surface area (Å²) in [6.07, 6.45) is 5.00. The highest BCUT2D eigenvalue weighted by Crippen LogP contribution is 2.46. The lowest BCUT2D eigenvalue weighted by Crippen LogP contribution is -2.34. The number of aromatic nitrogens is 1. The number of nitrogens with two attached hydrogens (primary N) is 1. The summed E-state index contributed by atoms with van der Waals surface area (Å²) >= 11 is 0. The number of halogens is 1. The van der Waals surface area contributed by atoms with Crippen LogP contribution in [0, 0.1) is 19.8 Å². The number of hydrogen-bond acceptors (Lipinski definition) is 3. The molecule has 1 aliphatic heterocycles. The Kier molecular flexibility index (Phi) is 3.34. The Morgan fingerprint density at radius 1 is 1.27 bits per heavy atom. The first-order valence-corrected chi connectivity index (χ1v) is 9.72. The molecule has 5 heteroatoms. The van der Waals surface area contributed by atoms with E-state index >= 15 is 0 Å². The highest BCUT2D eigenvalue weighted by molar-refractivity contribution is 5.88. The monoisotopic (exact) mass is 355 g/mol. The van der Waals surface area contributed by atoms with Crippen LogP contribution in [0.2, 0.25) is 0 Å². The third-order valence-corrected chi connectivity index (χ3v) is 6.80. The Morgan fingerprint density at radius 3 is 2.65 bits per heavy atom. The van der Waals surface area contributed by atoms with Gasteiger partial charge in [0.05, 0.1) is 11.6 Å². The molecule has 0 bridgehead atoms. The summed E-state index contributed by atoms with van der Waals surface area (Å²) < 4.78 is 15.8. The number of rotatable bonds is 3. The quantitative estimate of drug-likeness (QED) is 0.920. The van der Waals surface area contributed by atoms with Gasteiger partial charge in [-0.05, 0) is 56.7 Å². The van der Waals surface area contributed by atoms with Crippen LogP contribution < -0.4 is 16.1 Å². The lowest BCUT2D eigenvalue weighted by atomic mass is 9.97. The highest BCUT2D eigenvalue weighted by atomic mass is 19.1. The maximum absolute atomic E-state index is 13.8. The Bertz CT molecular complexity index is 962. The number of alkyl halides is 1. The van der Waals surface area contributed by atoms with Crippen molar-refractivity contribution in [3.8, 4) is 0 Å². The fourth-order valence-corrected chi connectivity index (χ4v) is 4.79. The Labute approximate surface area is 152 Å². The van der Waals surface area contributed by atoms with Crippen LogP contribution in [0.3, 0.4) is 0 Å². The maximum Gasteiger partial charge on any atom is 0.192 e. The predicted molar refractivity (Wildman–Crippen MR) is 103 cm³/mol. The van der Waals surface area contributed by atoms with E-state index in [9.17, 15) is 9.18 Å². The van der Waals surface area contributed by atoms with Crippen LogP contribution in [0.4, 0.5) is 10.1 Å². The number of aryl methyl sites for hydroxylation is 2. The van der Waals surface area contributed by atoms with E-state index < -0.39 is 6.17 Å². The second-order valence-electron chi connectivity index (χ2n) is 8.64. The van der Waals surface area contributed by atoms with E-state index in [4.69, 9.17) is 5.73 Å². The van der Waals surface area contributed by atoms with Crippen molar-refractivity contribution in [1.29, 1.82) is 0 Å². The van der Waals surface area contributed by atoms with Gasteiger partial charge < -0.3 is 15.2 Å². The molecule has 3 fully saturated rings. The van der Waals surface area contributed by atoms with Gasteiger partial charge in [0.2, 0.25) is 0 Å². The number of benzene rings is 1. The van der Waals surface area contributed by atoms with Crippen LogP contribution in [0.1, 0.15) is 42.9 Å². The normalized spacial score (nSPS) is 29.4. The second-order valence-corrected chi connectivity index (χ2v) is 8.64. The Hall–Kier alpha value is -1.88. The number of nitrogens with zero attached hydrogens (tertiary/aromatic N) is 2. The van der Waals surface area contributed by atoms with Gasteiger partial charge in [0.1, 0.15) is 6.17 Å². The molecule has 2 N–H and O–H groups in total. The molecule has 1 aromatic carbocycles. The molecule has 2 aliphatic carbocycles. The van der Waals surface area contributed by atoms with Gasteiger partial charge in [0.15, 0.2) is 5.43 Å². The summed E-state index contributed by atoms with van der Waals surface area (Å²) in [7, 11) is 0. The molecule has 3 aliphatic rings.